The van der Waals surface area contributed by atoms with Crippen LogP contribution in [0.5, 0.6) is 0 Å². The van der Waals surface area contributed by atoms with E-state index in [0.717, 1.165) is 22.3 Å². The second-order valence-corrected chi connectivity index (χ2v) is 6.22. The largest absolute Gasteiger partial charge is 0.436 e. The van der Waals surface area contributed by atoms with Crippen molar-refractivity contribution in [3.63, 3.8) is 0 Å². The summed E-state index contributed by atoms with van der Waals surface area (Å²) in [5.41, 5.74) is 3.43. The molecule has 0 amide bonds. The molecule has 0 unspecified atom stereocenters. The van der Waals surface area contributed by atoms with Crippen LogP contribution in [-0.4, -0.2) is 15.2 Å². The van der Waals surface area contributed by atoms with Gasteiger partial charge in [0.2, 0.25) is 17.7 Å². The van der Waals surface area contributed by atoms with Gasteiger partial charge in [-0.05, 0) is 24.3 Å². The number of aromatic nitrogens is 3. The van der Waals surface area contributed by atoms with Crippen LogP contribution >= 0.6 is 0 Å². The zero-order valence-electron chi connectivity index (χ0n) is 14.8. The van der Waals surface area contributed by atoms with Gasteiger partial charge in [-0.25, -0.2) is 4.98 Å². The van der Waals surface area contributed by atoms with Crippen LogP contribution in [0.25, 0.3) is 45.7 Å². The first-order chi connectivity index (χ1) is 13.9. The predicted octanol–water partition coefficient (Wildman–Crippen LogP) is 5.73. The van der Waals surface area contributed by atoms with Crippen molar-refractivity contribution in [2.45, 2.75) is 0 Å². The zero-order valence-corrected chi connectivity index (χ0v) is 14.8. The van der Waals surface area contributed by atoms with Crippen molar-refractivity contribution in [2.75, 3.05) is 0 Å². The Labute approximate surface area is 161 Å². The van der Waals surface area contributed by atoms with Gasteiger partial charge in [0.15, 0.2) is 5.76 Å². The van der Waals surface area contributed by atoms with Crippen LogP contribution in [0.3, 0.4) is 0 Å². The van der Waals surface area contributed by atoms with Crippen LogP contribution in [0.15, 0.2) is 100.0 Å². The molecule has 0 spiro atoms. The van der Waals surface area contributed by atoms with Crippen molar-refractivity contribution < 1.29 is 8.83 Å². The monoisotopic (exact) mass is 365 g/mol. The highest BCUT2D eigenvalue weighted by Gasteiger charge is 2.18. The highest BCUT2D eigenvalue weighted by atomic mass is 16.4. The van der Waals surface area contributed by atoms with Gasteiger partial charge >= 0.3 is 0 Å². The van der Waals surface area contributed by atoms with Crippen molar-refractivity contribution in [1.29, 1.82) is 0 Å². The van der Waals surface area contributed by atoms with Gasteiger partial charge in [-0.15, -0.1) is 10.2 Å². The lowest BCUT2D eigenvalue weighted by atomic mass is 10.1. The molecule has 0 fully saturated rings. The molecule has 2 heterocycles. The predicted molar refractivity (Wildman–Crippen MR) is 106 cm³/mol. The van der Waals surface area contributed by atoms with Gasteiger partial charge in [-0.2, -0.15) is 0 Å². The fourth-order valence-electron chi connectivity index (χ4n) is 3.02. The molecule has 0 saturated heterocycles. The Balaban J connectivity index is 1.54. The quantitative estimate of drug-likeness (QED) is 0.407. The van der Waals surface area contributed by atoms with Crippen LogP contribution < -0.4 is 0 Å². The first-order valence-electron chi connectivity index (χ1n) is 8.88. The minimum Gasteiger partial charge on any atom is -0.436 e. The van der Waals surface area contributed by atoms with E-state index >= 15 is 0 Å². The summed E-state index contributed by atoms with van der Waals surface area (Å²) in [5.74, 6) is 2.12. The molecule has 2 aromatic heterocycles. The lowest BCUT2D eigenvalue weighted by molar-refractivity contribution is 0.579. The van der Waals surface area contributed by atoms with E-state index in [1.165, 1.54) is 0 Å². The maximum absolute atomic E-state index is 6.01. The average molecular weight is 365 g/mol. The summed E-state index contributed by atoms with van der Waals surface area (Å²) < 4.78 is 11.9. The molecular weight excluding hydrogens is 350 g/mol. The molecule has 0 N–H and O–H groups in total. The maximum atomic E-state index is 6.01. The van der Waals surface area contributed by atoms with Gasteiger partial charge in [0, 0.05) is 16.7 Å². The molecule has 28 heavy (non-hydrogen) atoms. The first-order valence-corrected chi connectivity index (χ1v) is 8.88. The Morgan fingerprint density at radius 1 is 0.500 bits per heavy atom. The number of hydrogen-bond donors (Lipinski definition) is 0. The summed E-state index contributed by atoms with van der Waals surface area (Å²) >= 11 is 0. The van der Waals surface area contributed by atoms with Gasteiger partial charge in [-0.1, -0.05) is 60.7 Å². The number of hydrogen-bond acceptors (Lipinski definition) is 5. The van der Waals surface area contributed by atoms with E-state index in [2.05, 4.69) is 15.2 Å². The van der Waals surface area contributed by atoms with Gasteiger partial charge in [0.25, 0.3) is 0 Å². The summed E-state index contributed by atoms with van der Waals surface area (Å²) in [7, 11) is 0. The summed E-state index contributed by atoms with van der Waals surface area (Å²) in [6.45, 7) is 0. The van der Waals surface area contributed by atoms with Crippen LogP contribution in [-0.2, 0) is 0 Å². The average Bonchev–Trinajstić information content (AvgIpc) is 3.45. The van der Waals surface area contributed by atoms with Gasteiger partial charge < -0.3 is 8.83 Å². The van der Waals surface area contributed by atoms with E-state index in [-0.39, 0.29) is 0 Å². The van der Waals surface area contributed by atoms with Crippen molar-refractivity contribution in [2.24, 2.45) is 0 Å². The maximum Gasteiger partial charge on any atom is 0.248 e. The Morgan fingerprint density at radius 3 is 1.79 bits per heavy atom. The van der Waals surface area contributed by atoms with Crippen molar-refractivity contribution in [1.82, 2.24) is 15.2 Å². The highest BCUT2D eigenvalue weighted by molar-refractivity contribution is 5.76. The first kappa shape index (κ1) is 16.2. The molecule has 5 heteroatoms. The Morgan fingerprint density at radius 2 is 1.07 bits per heavy atom. The molecule has 134 valence electrons. The smallest absolute Gasteiger partial charge is 0.248 e. The normalized spacial score (nSPS) is 10.9. The minimum absolute atomic E-state index is 0.425. The van der Waals surface area contributed by atoms with E-state index in [0.29, 0.717) is 23.4 Å². The van der Waals surface area contributed by atoms with E-state index in [1.807, 2.05) is 84.9 Å². The number of oxazole rings is 1. The molecule has 0 aliphatic carbocycles. The molecule has 5 nitrogen and oxygen atoms in total. The molecule has 0 aliphatic heterocycles. The molecule has 0 atom stereocenters. The molecule has 0 bridgehead atoms. The third-order valence-electron chi connectivity index (χ3n) is 4.40. The molecule has 5 aromatic rings. The summed E-state index contributed by atoms with van der Waals surface area (Å²) in [5, 5.41) is 8.41. The van der Waals surface area contributed by atoms with Crippen molar-refractivity contribution >= 4 is 0 Å². The number of benzene rings is 3. The molecule has 3 aromatic carbocycles. The van der Waals surface area contributed by atoms with Crippen molar-refractivity contribution in [3.8, 4) is 45.7 Å². The van der Waals surface area contributed by atoms with E-state index < -0.39 is 0 Å². The van der Waals surface area contributed by atoms with Crippen LogP contribution in [0.1, 0.15) is 0 Å². The number of rotatable bonds is 4. The Hall–Kier alpha value is -3.99. The molecule has 5 rings (SSSR count). The third kappa shape index (κ3) is 2.99. The topological polar surface area (TPSA) is 65.0 Å². The Kier molecular flexibility index (Phi) is 4.03. The van der Waals surface area contributed by atoms with Crippen LogP contribution in [0.4, 0.5) is 0 Å². The lowest BCUT2D eigenvalue weighted by Gasteiger charge is -2.02. The highest BCUT2D eigenvalue weighted by Crippen LogP contribution is 2.34. The van der Waals surface area contributed by atoms with Gasteiger partial charge in [0.05, 0.1) is 11.8 Å². The minimum atomic E-state index is 0.425. The molecule has 0 saturated carbocycles. The summed E-state index contributed by atoms with van der Waals surface area (Å²) in [6.07, 6.45) is 1.73. The zero-order chi connectivity index (χ0) is 18.8. The van der Waals surface area contributed by atoms with E-state index in [9.17, 15) is 0 Å². The van der Waals surface area contributed by atoms with Crippen LogP contribution in [0, 0.1) is 0 Å². The van der Waals surface area contributed by atoms with E-state index in [4.69, 9.17) is 8.83 Å². The second kappa shape index (κ2) is 6.96. The third-order valence-corrected chi connectivity index (χ3v) is 4.40. The molecule has 0 radical (unpaired) electrons. The Bertz CT molecular complexity index is 1110. The SMILES string of the molecule is c1ccc(-c2cnc(-c3ccccc3-c3nnc(-c4ccccc4)o3)o2)cc1. The lowest BCUT2D eigenvalue weighted by Crippen LogP contribution is -1.85. The second-order valence-electron chi connectivity index (χ2n) is 6.22. The summed E-state index contributed by atoms with van der Waals surface area (Å²) in [4.78, 5) is 4.46. The van der Waals surface area contributed by atoms with E-state index in [1.54, 1.807) is 6.20 Å². The standard InChI is InChI=1S/C23H15N3O2/c1-3-9-16(10-4-1)20-15-24-22(27-20)18-13-7-8-14-19(18)23-26-25-21(28-23)17-11-5-2-6-12-17/h1-15H. The summed E-state index contributed by atoms with van der Waals surface area (Å²) in [6, 6.07) is 27.3. The van der Waals surface area contributed by atoms with Crippen LogP contribution in [0.2, 0.25) is 0 Å². The number of nitrogens with zero attached hydrogens (tertiary/aromatic N) is 3. The van der Waals surface area contributed by atoms with Crippen molar-refractivity contribution in [3.05, 3.63) is 91.1 Å². The fourth-order valence-corrected chi connectivity index (χ4v) is 3.02. The van der Waals surface area contributed by atoms with Gasteiger partial charge in [-0.3, -0.25) is 0 Å². The fraction of sp³-hybridized carbons (Fsp3) is 0. The molecule has 0 aliphatic rings. The molecular formula is C23H15N3O2. The van der Waals surface area contributed by atoms with Gasteiger partial charge in [0.1, 0.15) is 0 Å².